The van der Waals surface area contributed by atoms with Crippen LogP contribution in [0, 0.1) is 5.92 Å². The fourth-order valence-electron chi connectivity index (χ4n) is 3.28. The molecule has 1 unspecified atom stereocenters. The van der Waals surface area contributed by atoms with Crippen LogP contribution in [-0.2, 0) is 9.53 Å². The Morgan fingerprint density at radius 2 is 1.86 bits per heavy atom. The van der Waals surface area contributed by atoms with Gasteiger partial charge in [-0.05, 0) is 38.0 Å². The number of ether oxygens (including phenoxy) is 1. The number of carboxylic acids is 1. The van der Waals surface area contributed by atoms with Gasteiger partial charge in [0.2, 0.25) is 0 Å². The second-order valence-electron chi connectivity index (χ2n) is 6.09. The van der Waals surface area contributed by atoms with Gasteiger partial charge in [-0.15, -0.1) is 0 Å². The molecule has 2 fully saturated rings. The molecule has 2 amide bonds. The van der Waals surface area contributed by atoms with Crippen molar-refractivity contribution in [3.8, 4) is 0 Å². The quantitative estimate of drug-likeness (QED) is 0.859. The number of carbonyl (C=O) groups excluding carboxylic acids is 1. The highest BCUT2D eigenvalue weighted by atomic mass is 16.5. The number of urea groups is 1. The molecule has 1 N–H and O–H groups in total. The summed E-state index contributed by atoms with van der Waals surface area (Å²) in [6, 6.07) is 0.115. The predicted molar refractivity (Wildman–Crippen MR) is 78.2 cm³/mol. The molecule has 120 valence electrons. The summed E-state index contributed by atoms with van der Waals surface area (Å²) in [6.45, 7) is 3.02. The monoisotopic (exact) mass is 298 g/mol. The summed E-state index contributed by atoms with van der Waals surface area (Å²) in [4.78, 5) is 27.0. The van der Waals surface area contributed by atoms with Crippen molar-refractivity contribution in [3.05, 3.63) is 0 Å². The lowest BCUT2D eigenvalue weighted by atomic mass is 9.93. The molecular weight excluding hydrogens is 272 g/mol. The Bertz CT molecular complexity index is 367. The van der Waals surface area contributed by atoms with Gasteiger partial charge in [0.1, 0.15) is 0 Å². The van der Waals surface area contributed by atoms with Crippen LogP contribution in [0.15, 0.2) is 0 Å². The zero-order chi connectivity index (χ0) is 15.2. The van der Waals surface area contributed by atoms with E-state index in [4.69, 9.17) is 9.84 Å². The van der Waals surface area contributed by atoms with Crippen LogP contribution >= 0.6 is 0 Å². The number of nitrogens with zero attached hydrogens (tertiary/aromatic N) is 2. The van der Waals surface area contributed by atoms with Gasteiger partial charge in [-0.3, -0.25) is 4.79 Å². The van der Waals surface area contributed by atoms with Crippen LogP contribution < -0.4 is 0 Å². The number of hydrogen-bond donors (Lipinski definition) is 1. The number of methoxy groups -OCH3 is 1. The number of carbonyl (C=O) groups is 2. The zero-order valence-electron chi connectivity index (χ0n) is 12.8. The summed E-state index contributed by atoms with van der Waals surface area (Å²) in [5, 5.41) is 8.77. The summed E-state index contributed by atoms with van der Waals surface area (Å²) in [5.74, 6) is -0.421. The second-order valence-corrected chi connectivity index (χ2v) is 6.09. The fraction of sp³-hybridized carbons (Fsp3) is 0.867. The van der Waals surface area contributed by atoms with Crippen molar-refractivity contribution in [2.45, 2.75) is 44.6 Å². The molecule has 0 aliphatic carbocycles. The summed E-state index contributed by atoms with van der Waals surface area (Å²) in [6.07, 6.45) is 4.96. The second kappa shape index (κ2) is 7.64. The number of likely N-dealkylation sites (tertiary alicyclic amines) is 2. The van der Waals surface area contributed by atoms with Crippen molar-refractivity contribution < 1.29 is 19.4 Å². The number of carboxylic acid groups (broad SMARTS) is 1. The molecule has 0 aromatic heterocycles. The molecule has 0 bridgehead atoms. The molecular formula is C15H26N2O4. The minimum Gasteiger partial charge on any atom is -0.481 e. The minimum absolute atomic E-state index is 0.115. The maximum atomic E-state index is 12.5. The molecule has 2 saturated heterocycles. The first-order valence-electron chi connectivity index (χ1n) is 7.88. The van der Waals surface area contributed by atoms with E-state index in [1.165, 1.54) is 0 Å². The van der Waals surface area contributed by atoms with E-state index < -0.39 is 5.97 Å². The molecule has 2 aliphatic heterocycles. The van der Waals surface area contributed by atoms with Crippen LogP contribution in [0.5, 0.6) is 0 Å². The van der Waals surface area contributed by atoms with E-state index in [0.717, 1.165) is 45.3 Å². The highest BCUT2D eigenvalue weighted by Gasteiger charge is 2.29. The van der Waals surface area contributed by atoms with Crippen LogP contribution in [0.2, 0.25) is 0 Å². The van der Waals surface area contributed by atoms with E-state index in [9.17, 15) is 9.59 Å². The molecule has 2 aliphatic rings. The lowest BCUT2D eigenvalue weighted by molar-refractivity contribution is -0.137. The molecule has 2 rings (SSSR count). The van der Waals surface area contributed by atoms with Crippen LogP contribution in [0.4, 0.5) is 4.79 Å². The maximum Gasteiger partial charge on any atom is 0.320 e. The standard InChI is InChI=1S/C15H26N2O4/c1-21-13-6-9-16(10-7-13)15(20)17-8-2-3-12(11-17)4-5-14(18)19/h12-13H,2-11H2,1H3,(H,18,19). The van der Waals surface area contributed by atoms with Gasteiger partial charge in [0.05, 0.1) is 6.10 Å². The van der Waals surface area contributed by atoms with Gasteiger partial charge in [-0.1, -0.05) is 0 Å². The normalized spacial score (nSPS) is 24.1. The van der Waals surface area contributed by atoms with Crippen molar-refractivity contribution in [2.24, 2.45) is 5.92 Å². The Morgan fingerprint density at radius 3 is 2.48 bits per heavy atom. The van der Waals surface area contributed by atoms with E-state index in [1.54, 1.807) is 7.11 Å². The summed E-state index contributed by atoms with van der Waals surface area (Å²) < 4.78 is 5.33. The topological polar surface area (TPSA) is 70.1 Å². The lowest BCUT2D eigenvalue weighted by Crippen LogP contribution is -2.50. The van der Waals surface area contributed by atoms with Gasteiger partial charge in [0.25, 0.3) is 0 Å². The SMILES string of the molecule is COC1CCN(C(=O)N2CCCC(CCC(=O)O)C2)CC1. The molecule has 0 radical (unpaired) electrons. The summed E-state index contributed by atoms with van der Waals surface area (Å²) in [7, 11) is 1.72. The average molecular weight is 298 g/mol. The van der Waals surface area contributed by atoms with E-state index in [0.29, 0.717) is 18.9 Å². The molecule has 0 spiro atoms. The molecule has 6 nitrogen and oxygen atoms in total. The van der Waals surface area contributed by atoms with Gasteiger partial charge in [-0.2, -0.15) is 0 Å². The van der Waals surface area contributed by atoms with Gasteiger partial charge in [-0.25, -0.2) is 4.79 Å². The number of aliphatic carboxylic acids is 1. The average Bonchev–Trinajstić information content (AvgIpc) is 2.52. The number of amides is 2. The Hall–Kier alpha value is -1.30. The smallest absolute Gasteiger partial charge is 0.320 e. The Labute approximate surface area is 126 Å². The van der Waals surface area contributed by atoms with E-state index >= 15 is 0 Å². The van der Waals surface area contributed by atoms with Crippen LogP contribution in [0.25, 0.3) is 0 Å². The zero-order valence-corrected chi connectivity index (χ0v) is 12.8. The third-order valence-corrected chi connectivity index (χ3v) is 4.60. The molecule has 2 heterocycles. The lowest BCUT2D eigenvalue weighted by Gasteiger charge is -2.39. The predicted octanol–water partition coefficient (Wildman–Crippen LogP) is 1.79. The molecule has 1 atom stereocenters. The number of rotatable bonds is 4. The fourth-order valence-corrected chi connectivity index (χ4v) is 3.28. The largest absolute Gasteiger partial charge is 0.481 e. The Morgan fingerprint density at radius 1 is 1.14 bits per heavy atom. The molecule has 0 aromatic rings. The first-order chi connectivity index (χ1) is 10.1. The van der Waals surface area contributed by atoms with E-state index in [2.05, 4.69) is 0 Å². The van der Waals surface area contributed by atoms with Crippen LogP contribution in [-0.4, -0.2) is 66.3 Å². The molecule has 6 heteroatoms. The first-order valence-corrected chi connectivity index (χ1v) is 7.88. The Balaban J connectivity index is 1.80. The summed E-state index contributed by atoms with van der Waals surface area (Å²) in [5.41, 5.74) is 0. The first kappa shape index (κ1) is 16.1. The third-order valence-electron chi connectivity index (χ3n) is 4.60. The minimum atomic E-state index is -0.750. The van der Waals surface area contributed by atoms with Crippen molar-refractivity contribution in [1.29, 1.82) is 0 Å². The number of piperidine rings is 2. The van der Waals surface area contributed by atoms with E-state index in [1.807, 2.05) is 9.80 Å². The van der Waals surface area contributed by atoms with E-state index in [-0.39, 0.29) is 18.6 Å². The summed E-state index contributed by atoms with van der Waals surface area (Å²) >= 11 is 0. The Kier molecular flexibility index (Phi) is 5.85. The van der Waals surface area contributed by atoms with Gasteiger partial charge in [0.15, 0.2) is 0 Å². The van der Waals surface area contributed by atoms with Crippen LogP contribution in [0.1, 0.15) is 38.5 Å². The van der Waals surface area contributed by atoms with Gasteiger partial charge in [0, 0.05) is 39.7 Å². The molecule has 0 aromatic carbocycles. The van der Waals surface area contributed by atoms with Crippen molar-refractivity contribution >= 4 is 12.0 Å². The molecule has 0 saturated carbocycles. The van der Waals surface area contributed by atoms with Crippen molar-refractivity contribution in [1.82, 2.24) is 9.80 Å². The molecule has 21 heavy (non-hydrogen) atoms. The third kappa shape index (κ3) is 4.59. The van der Waals surface area contributed by atoms with Gasteiger partial charge >= 0.3 is 12.0 Å². The van der Waals surface area contributed by atoms with Crippen molar-refractivity contribution in [2.75, 3.05) is 33.3 Å². The van der Waals surface area contributed by atoms with Crippen molar-refractivity contribution in [3.63, 3.8) is 0 Å². The highest BCUT2D eigenvalue weighted by Crippen LogP contribution is 2.23. The maximum absolute atomic E-state index is 12.5. The highest BCUT2D eigenvalue weighted by molar-refractivity contribution is 5.74. The number of hydrogen-bond acceptors (Lipinski definition) is 3. The van der Waals surface area contributed by atoms with Crippen LogP contribution in [0.3, 0.4) is 0 Å². The van der Waals surface area contributed by atoms with Gasteiger partial charge < -0.3 is 19.6 Å².